The lowest BCUT2D eigenvalue weighted by atomic mass is 9.83. The molecule has 21 heavy (non-hydrogen) atoms. The highest BCUT2D eigenvalue weighted by molar-refractivity contribution is 9.10. The summed E-state index contributed by atoms with van der Waals surface area (Å²) in [6.07, 6.45) is 1.50. The average Bonchev–Trinajstić information content (AvgIpc) is 2.48. The predicted octanol–water partition coefficient (Wildman–Crippen LogP) is 3.47. The van der Waals surface area contributed by atoms with Crippen LogP contribution < -0.4 is 11.3 Å². The fourth-order valence-electron chi connectivity index (χ4n) is 3.01. The summed E-state index contributed by atoms with van der Waals surface area (Å²) in [4.78, 5) is 2.38. The molecule has 120 valence electrons. The third-order valence-electron chi connectivity index (χ3n) is 4.59. The van der Waals surface area contributed by atoms with Crippen LogP contribution in [0.3, 0.4) is 0 Å². The van der Waals surface area contributed by atoms with Crippen LogP contribution in [0.5, 0.6) is 0 Å². The average molecular weight is 360 g/mol. The molecule has 0 radical (unpaired) electrons. The molecule has 0 aliphatic rings. The van der Waals surface area contributed by atoms with Gasteiger partial charge < -0.3 is 0 Å². The van der Waals surface area contributed by atoms with Gasteiger partial charge in [0, 0.05) is 16.1 Å². The molecule has 0 bridgehead atoms. The van der Waals surface area contributed by atoms with Crippen LogP contribution in [0.15, 0.2) is 22.7 Å². The van der Waals surface area contributed by atoms with Gasteiger partial charge in [-0.05, 0) is 56.6 Å². The molecule has 2 atom stereocenters. The van der Waals surface area contributed by atoms with Gasteiger partial charge in [-0.25, -0.2) is 4.39 Å². The van der Waals surface area contributed by atoms with E-state index in [2.05, 4.69) is 54.0 Å². The Bertz CT molecular complexity index is 451. The van der Waals surface area contributed by atoms with Crippen LogP contribution >= 0.6 is 15.9 Å². The van der Waals surface area contributed by atoms with Crippen molar-refractivity contribution >= 4 is 15.9 Å². The van der Waals surface area contributed by atoms with Crippen LogP contribution in [0.2, 0.25) is 0 Å². The second kappa shape index (κ2) is 8.22. The number of halogens is 2. The molecule has 1 aromatic carbocycles. The zero-order valence-electron chi connectivity index (χ0n) is 13.4. The van der Waals surface area contributed by atoms with Crippen LogP contribution in [-0.2, 0) is 6.42 Å². The van der Waals surface area contributed by atoms with E-state index in [4.69, 9.17) is 5.84 Å². The Hall–Kier alpha value is -0.490. The monoisotopic (exact) mass is 359 g/mol. The first-order chi connectivity index (χ1) is 9.92. The summed E-state index contributed by atoms with van der Waals surface area (Å²) in [5, 5.41) is 0. The molecule has 1 aromatic rings. The van der Waals surface area contributed by atoms with Crippen molar-refractivity contribution in [3.05, 3.63) is 34.1 Å². The molecule has 0 aliphatic carbocycles. The maximum Gasteiger partial charge on any atom is 0.126 e. The molecule has 0 fully saturated rings. The molecule has 3 nitrogen and oxygen atoms in total. The van der Waals surface area contributed by atoms with Gasteiger partial charge in [0.25, 0.3) is 0 Å². The number of benzene rings is 1. The second-order valence-corrected chi connectivity index (χ2v) is 6.46. The van der Waals surface area contributed by atoms with Gasteiger partial charge in [0.2, 0.25) is 0 Å². The second-order valence-electron chi connectivity index (χ2n) is 5.54. The predicted molar refractivity (Wildman–Crippen MR) is 90.5 cm³/mol. The van der Waals surface area contributed by atoms with Crippen LogP contribution in [0.25, 0.3) is 0 Å². The summed E-state index contributed by atoms with van der Waals surface area (Å²) in [6.45, 7) is 10.5. The van der Waals surface area contributed by atoms with Gasteiger partial charge in [-0.3, -0.25) is 16.2 Å². The van der Waals surface area contributed by atoms with Crippen LogP contribution in [0, 0.1) is 5.82 Å². The molecule has 3 N–H and O–H groups in total. The number of nitrogens with zero attached hydrogens (tertiary/aromatic N) is 1. The summed E-state index contributed by atoms with van der Waals surface area (Å²) in [7, 11) is 0. The van der Waals surface area contributed by atoms with Crippen molar-refractivity contribution in [3.8, 4) is 0 Å². The Labute approximate surface area is 136 Å². The standard InChI is InChI=1S/C16H27BrFN3/c1-5-16(4,21(6-2)7-3)15(20-19)11-12-10-13(17)8-9-14(12)18/h8-10,15,20H,5-7,11,19H2,1-4H3. The molecule has 0 heterocycles. The molecule has 0 amide bonds. The maximum absolute atomic E-state index is 14.0. The highest BCUT2D eigenvalue weighted by atomic mass is 79.9. The first kappa shape index (κ1) is 18.6. The summed E-state index contributed by atoms with van der Waals surface area (Å²) < 4.78 is 14.9. The molecular formula is C16H27BrFN3. The molecule has 0 aliphatic heterocycles. The molecular weight excluding hydrogens is 333 g/mol. The topological polar surface area (TPSA) is 41.3 Å². The number of nitrogens with one attached hydrogen (secondary N) is 1. The smallest absolute Gasteiger partial charge is 0.126 e. The highest BCUT2D eigenvalue weighted by Crippen LogP contribution is 2.27. The largest absolute Gasteiger partial charge is 0.297 e. The van der Waals surface area contributed by atoms with Gasteiger partial charge in [0.1, 0.15) is 5.82 Å². The van der Waals surface area contributed by atoms with Crippen LogP contribution in [0.4, 0.5) is 4.39 Å². The van der Waals surface area contributed by atoms with Crippen molar-refractivity contribution in [1.29, 1.82) is 0 Å². The van der Waals surface area contributed by atoms with Crippen LogP contribution in [0.1, 0.15) is 39.7 Å². The molecule has 5 heteroatoms. The number of nitrogens with two attached hydrogens (primary N) is 1. The van der Waals surface area contributed by atoms with Crippen molar-refractivity contribution in [1.82, 2.24) is 10.3 Å². The number of rotatable bonds is 8. The minimum Gasteiger partial charge on any atom is -0.297 e. The van der Waals surface area contributed by atoms with E-state index >= 15 is 0 Å². The highest BCUT2D eigenvalue weighted by Gasteiger charge is 2.36. The van der Waals surface area contributed by atoms with Crippen molar-refractivity contribution < 1.29 is 4.39 Å². The zero-order chi connectivity index (χ0) is 16.0. The Morgan fingerprint density at radius 3 is 2.43 bits per heavy atom. The van der Waals surface area contributed by atoms with Crippen molar-refractivity contribution in [2.45, 2.75) is 52.1 Å². The quantitative estimate of drug-likeness (QED) is 0.551. The van der Waals surface area contributed by atoms with E-state index in [0.717, 1.165) is 24.0 Å². The fraction of sp³-hybridized carbons (Fsp3) is 0.625. The SMILES string of the molecule is CCN(CC)C(C)(CC)C(Cc1cc(Br)ccc1F)NN. The molecule has 0 aromatic heterocycles. The number of hydrogen-bond donors (Lipinski definition) is 2. The lowest BCUT2D eigenvalue weighted by Gasteiger charge is -2.45. The van der Waals surface area contributed by atoms with E-state index in [1.54, 1.807) is 6.07 Å². The minimum atomic E-state index is -0.184. The fourth-order valence-corrected chi connectivity index (χ4v) is 3.42. The molecule has 2 unspecified atom stereocenters. The molecule has 0 spiro atoms. The first-order valence-electron chi connectivity index (χ1n) is 7.57. The number of hydrogen-bond acceptors (Lipinski definition) is 3. The Kier molecular flexibility index (Phi) is 7.27. The molecule has 0 saturated heterocycles. The first-order valence-corrected chi connectivity index (χ1v) is 8.37. The number of hydrazine groups is 1. The maximum atomic E-state index is 14.0. The van der Waals surface area contributed by atoms with Gasteiger partial charge in [0.15, 0.2) is 0 Å². The molecule has 0 saturated carbocycles. The van der Waals surface area contributed by atoms with E-state index in [-0.39, 0.29) is 17.4 Å². The summed E-state index contributed by atoms with van der Waals surface area (Å²) in [5.41, 5.74) is 3.48. The third-order valence-corrected chi connectivity index (χ3v) is 5.08. The minimum absolute atomic E-state index is 0.0220. The van der Waals surface area contributed by atoms with Crippen molar-refractivity contribution in [3.63, 3.8) is 0 Å². The van der Waals surface area contributed by atoms with E-state index in [1.165, 1.54) is 6.07 Å². The van der Waals surface area contributed by atoms with E-state index in [1.807, 2.05) is 6.07 Å². The van der Waals surface area contributed by atoms with Crippen molar-refractivity contribution in [2.24, 2.45) is 5.84 Å². The number of likely N-dealkylation sites (N-methyl/N-ethyl adjacent to an activating group) is 1. The summed E-state index contributed by atoms with van der Waals surface area (Å²) in [6, 6.07) is 5.02. The lowest BCUT2D eigenvalue weighted by Crippen LogP contribution is -2.61. The van der Waals surface area contributed by atoms with Crippen LogP contribution in [-0.4, -0.2) is 29.6 Å². The Balaban J connectivity index is 3.07. The lowest BCUT2D eigenvalue weighted by molar-refractivity contribution is 0.0698. The summed E-state index contributed by atoms with van der Waals surface area (Å²) >= 11 is 3.40. The van der Waals surface area contributed by atoms with Gasteiger partial charge in [-0.1, -0.05) is 36.7 Å². The van der Waals surface area contributed by atoms with Gasteiger partial charge in [0.05, 0.1) is 0 Å². The van der Waals surface area contributed by atoms with E-state index < -0.39 is 0 Å². The van der Waals surface area contributed by atoms with E-state index in [9.17, 15) is 4.39 Å². The van der Waals surface area contributed by atoms with Gasteiger partial charge in [-0.15, -0.1) is 0 Å². The third kappa shape index (κ3) is 4.25. The molecule has 1 rings (SSSR count). The van der Waals surface area contributed by atoms with Gasteiger partial charge in [-0.2, -0.15) is 0 Å². The van der Waals surface area contributed by atoms with Crippen molar-refractivity contribution in [2.75, 3.05) is 13.1 Å². The Morgan fingerprint density at radius 1 is 1.33 bits per heavy atom. The summed E-state index contributed by atoms with van der Waals surface area (Å²) in [5.74, 6) is 5.62. The van der Waals surface area contributed by atoms with Gasteiger partial charge >= 0.3 is 0 Å². The normalized spacial score (nSPS) is 16.0. The zero-order valence-corrected chi connectivity index (χ0v) is 15.0. The Morgan fingerprint density at radius 2 is 1.95 bits per heavy atom. The van der Waals surface area contributed by atoms with E-state index in [0.29, 0.717) is 12.0 Å².